The smallest absolute Gasteiger partial charge is 0.238 e. The molecule has 0 bridgehead atoms. The van der Waals surface area contributed by atoms with Crippen LogP contribution in [0.5, 0.6) is 5.75 Å². The fourth-order valence-electron chi connectivity index (χ4n) is 2.57. The van der Waals surface area contributed by atoms with E-state index in [-0.39, 0.29) is 12.5 Å². The van der Waals surface area contributed by atoms with E-state index >= 15 is 0 Å². The Morgan fingerprint density at radius 1 is 1.23 bits per heavy atom. The Labute approximate surface area is 151 Å². The van der Waals surface area contributed by atoms with Crippen molar-refractivity contribution in [3.63, 3.8) is 0 Å². The fraction of sp³-hybridized carbons (Fsp3) is 0.263. The second kappa shape index (κ2) is 8.35. The summed E-state index contributed by atoms with van der Waals surface area (Å²) in [5.74, 6) is 1.70. The average molecular weight is 355 g/mol. The van der Waals surface area contributed by atoms with Crippen molar-refractivity contribution in [2.75, 3.05) is 25.5 Å². The summed E-state index contributed by atoms with van der Waals surface area (Å²) in [4.78, 5) is 14.3. The molecule has 0 unspecified atom stereocenters. The van der Waals surface area contributed by atoms with Crippen LogP contribution in [0.3, 0.4) is 0 Å². The van der Waals surface area contributed by atoms with E-state index in [9.17, 15) is 4.79 Å². The van der Waals surface area contributed by atoms with Gasteiger partial charge in [-0.05, 0) is 30.8 Å². The lowest BCUT2D eigenvalue weighted by Crippen LogP contribution is -2.32. The second-order valence-electron chi connectivity index (χ2n) is 5.71. The number of amides is 1. The molecule has 3 aromatic rings. The summed E-state index contributed by atoms with van der Waals surface area (Å²) < 4.78 is 15.8. The van der Waals surface area contributed by atoms with E-state index < -0.39 is 0 Å². The third-order valence-corrected chi connectivity index (χ3v) is 3.90. The zero-order chi connectivity index (χ0) is 18.4. The van der Waals surface area contributed by atoms with Gasteiger partial charge in [0.25, 0.3) is 0 Å². The predicted molar refractivity (Wildman–Crippen MR) is 96.8 cm³/mol. The normalized spacial score (nSPS) is 10.9. The molecule has 2 heterocycles. The van der Waals surface area contributed by atoms with Crippen LogP contribution in [0.4, 0.5) is 5.69 Å². The first kappa shape index (κ1) is 17.8. The van der Waals surface area contributed by atoms with Crippen molar-refractivity contribution >= 4 is 11.6 Å². The van der Waals surface area contributed by atoms with Crippen LogP contribution in [-0.2, 0) is 11.3 Å². The number of nitrogens with one attached hydrogen (secondary N) is 1. The van der Waals surface area contributed by atoms with Gasteiger partial charge in [0.15, 0.2) is 5.76 Å². The van der Waals surface area contributed by atoms with Gasteiger partial charge in [0, 0.05) is 12.6 Å². The number of ether oxygens (including phenoxy) is 1. The van der Waals surface area contributed by atoms with E-state index in [1.54, 1.807) is 31.6 Å². The Morgan fingerprint density at radius 3 is 2.81 bits per heavy atom. The number of hydrogen-bond acceptors (Lipinski definition) is 6. The van der Waals surface area contributed by atoms with Gasteiger partial charge in [-0.1, -0.05) is 24.2 Å². The first-order valence-corrected chi connectivity index (χ1v) is 8.34. The Kier molecular flexibility index (Phi) is 5.70. The van der Waals surface area contributed by atoms with E-state index in [2.05, 4.69) is 10.5 Å². The van der Waals surface area contributed by atoms with Gasteiger partial charge in [-0.15, -0.1) is 0 Å². The summed E-state index contributed by atoms with van der Waals surface area (Å²) >= 11 is 0. The highest BCUT2D eigenvalue weighted by Crippen LogP contribution is 2.23. The number of aromatic nitrogens is 1. The maximum atomic E-state index is 12.4. The van der Waals surface area contributed by atoms with Crippen LogP contribution >= 0.6 is 0 Å². The number of likely N-dealkylation sites (N-methyl/N-ethyl adjacent to an activating group) is 1. The van der Waals surface area contributed by atoms with Gasteiger partial charge in [-0.3, -0.25) is 9.69 Å². The summed E-state index contributed by atoms with van der Waals surface area (Å²) in [6.45, 7) is 3.42. The number of carbonyl (C=O) groups excluding carboxylic acids is 1. The number of methoxy groups -OCH3 is 1. The third kappa shape index (κ3) is 4.31. The quantitative estimate of drug-likeness (QED) is 0.667. The number of para-hydroxylation sites is 2. The molecule has 0 aliphatic heterocycles. The highest BCUT2D eigenvalue weighted by Gasteiger charge is 2.15. The molecule has 26 heavy (non-hydrogen) atoms. The Hall–Kier alpha value is -3.06. The lowest BCUT2D eigenvalue weighted by atomic mass is 10.2. The Morgan fingerprint density at radius 2 is 2.08 bits per heavy atom. The third-order valence-electron chi connectivity index (χ3n) is 3.90. The van der Waals surface area contributed by atoms with Crippen LogP contribution in [0.25, 0.3) is 11.5 Å². The van der Waals surface area contributed by atoms with Gasteiger partial charge in [0.1, 0.15) is 5.75 Å². The summed E-state index contributed by atoms with van der Waals surface area (Å²) in [5.41, 5.74) is 1.39. The molecule has 7 heteroatoms. The summed E-state index contributed by atoms with van der Waals surface area (Å²) in [5, 5.41) is 6.93. The fourth-order valence-corrected chi connectivity index (χ4v) is 2.57. The van der Waals surface area contributed by atoms with Crippen molar-refractivity contribution in [1.29, 1.82) is 0 Å². The van der Waals surface area contributed by atoms with Crippen molar-refractivity contribution in [2.45, 2.75) is 13.5 Å². The number of benzene rings is 1. The highest BCUT2D eigenvalue weighted by molar-refractivity contribution is 5.93. The largest absolute Gasteiger partial charge is 0.495 e. The molecule has 0 fully saturated rings. The topological polar surface area (TPSA) is 80.7 Å². The molecule has 0 aliphatic rings. The van der Waals surface area contributed by atoms with Crippen LogP contribution in [0.1, 0.15) is 12.6 Å². The van der Waals surface area contributed by atoms with Gasteiger partial charge in [0.05, 0.1) is 31.3 Å². The second-order valence-corrected chi connectivity index (χ2v) is 5.71. The van der Waals surface area contributed by atoms with Crippen LogP contribution in [0, 0.1) is 0 Å². The molecule has 1 aromatic carbocycles. The molecule has 0 aliphatic carbocycles. The molecule has 1 N–H and O–H groups in total. The maximum Gasteiger partial charge on any atom is 0.238 e. The number of anilines is 1. The molecule has 0 saturated heterocycles. The van der Waals surface area contributed by atoms with Crippen molar-refractivity contribution in [2.24, 2.45) is 0 Å². The van der Waals surface area contributed by atoms with E-state index in [0.29, 0.717) is 36.0 Å². The molecule has 3 rings (SSSR count). The van der Waals surface area contributed by atoms with Gasteiger partial charge in [-0.25, -0.2) is 0 Å². The van der Waals surface area contributed by atoms with E-state index in [1.165, 1.54) is 0 Å². The minimum Gasteiger partial charge on any atom is -0.495 e. The lowest BCUT2D eigenvalue weighted by molar-refractivity contribution is -0.117. The van der Waals surface area contributed by atoms with E-state index in [1.807, 2.05) is 36.1 Å². The molecule has 0 atom stereocenters. The maximum absolute atomic E-state index is 12.4. The highest BCUT2D eigenvalue weighted by atomic mass is 16.5. The Bertz CT molecular complexity index is 842. The number of nitrogens with zero attached hydrogens (tertiary/aromatic N) is 2. The van der Waals surface area contributed by atoms with Crippen LogP contribution in [0.15, 0.2) is 57.7 Å². The summed E-state index contributed by atoms with van der Waals surface area (Å²) in [7, 11) is 1.57. The lowest BCUT2D eigenvalue weighted by Gasteiger charge is -2.18. The molecular weight excluding hydrogens is 334 g/mol. The van der Waals surface area contributed by atoms with Crippen LogP contribution < -0.4 is 10.1 Å². The van der Waals surface area contributed by atoms with Crippen LogP contribution in [0.2, 0.25) is 0 Å². The van der Waals surface area contributed by atoms with Crippen molar-refractivity contribution in [3.8, 4) is 17.3 Å². The van der Waals surface area contributed by atoms with Crippen molar-refractivity contribution in [3.05, 3.63) is 54.4 Å². The Balaban J connectivity index is 1.60. The first-order chi connectivity index (χ1) is 12.7. The SMILES string of the molecule is CCN(CC(=O)Nc1ccccc1OC)Cc1cc(-c2ccco2)on1. The molecular formula is C19H21N3O4. The standard InChI is InChI=1S/C19H21N3O4/c1-3-22(12-14-11-18(26-21-14)17-9-6-10-25-17)13-19(23)20-15-7-4-5-8-16(15)24-2/h4-11H,3,12-13H2,1-2H3,(H,20,23). The van der Waals surface area contributed by atoms with Crippen molar-refractivity contribution in [1.82, 2.24) is 10.1 Å². The molecule has 2 aromatic heterocycles. The van der Waals surface area contributed by atoms with Crippen LogP contribution in [-0.4, -0.2) is 36.2 Å². The zero-order valence-corrected chi connectivity index (χ0v) is 14.8. The molecule has 7 nitrogen and oxygen atoms in total. The molecule has 0 spiro atoms. The monoisotopic (exact) mass is 355 g/mol. The molecule has 1 amide bonds. The van der Waals surface area contributed by atoms with E-state index in [0.717, 1.165) is 5.69 Å². The average Bonchev–Trinajstić information content (AvgIpc) is 3.33. The number of carbonyl (C=O) groups is 1. The van der Waals surface area contributed by atoms with Crippen molar-refractivity contribution < 1.29 is 18.5 Å². The molecule has 0 saturated carbocycles. The van der Waals surface area contributed by atoms with Gasteiger partial charge in [0.2, 0.25) is 11.7 Å². The van der Waals surface area contributed by atoms with E-state index in [4.69, 9.17) is 13.7 Å². The molecule has 0 radical (unpaired) electrons. The van der Waals surface area contributed by atoms with Gasteiger partial charge < -0.3 is 19.0 Å². The summed E-state index contributed by atoms with van der Waals surface area (Å²) in [6.07, 6.45) is 1.58. The number of hydrogen-bond donors (Lipinski definition) is 1. The van der Waals surface area contributed by atoms with Gasteiger partial charge >= 0.3 is 0 Å². The predicted octanol–water partition coefficient (Wildman–Crippen LogP) is 3.40. The van der Waals surface area contributed by atoms with Gasteiger partial charge in [-0.2, -0.15) is 0 Å². The zero-order valence-electron chi connectivity index (χ0n) is 14.8. The minimum atomic E-state index is -0.119. The number of rotatable bonds is 8. The summed E-state index contributed by atoms with van der Waals surface area (Å²) in [6, 6.07) is 12.7. The minimum absolute atomic E-state index is 0.119. The number of furan rings is 1. The first-order valence-electron chi connectivity index (χ1n) is 8.34. The molecule has 136 valence electrons.